The van der Waals surface area contributed by atoms with E-state index in [2.05, 4.69) is 20.1 Å². The molecule has 0 saturated carbocycles. The van der Waals surface area contributed by atoms with Crippen molar-refractivity contribution < 1.29 is 26.4 Å². The summed E-state index contributed by atoms with van der Waals surface area (Å²) in [6, 6.07) is 36.8. The van der Waals surface area contributed by atoms with Crippen molar-refractivity contribution in [3.05, 3.63) is 167 Å². The molecule has 10 nitrogen and oxygen atoms in total. The van der Waals surface area contributed by atoms with E-state index in [0.717, 1.165) is 33.4 Å². The van der Waals surface area contributed by atoms with Crippen LogP contribution < -0.4 is 20.1 Å². The second-order valence-electron chi connectivity index (χ2n) is 12.9. The van der Waals surface area contributed by atoms with Gasteiger partial charge in [0.25, 0.3) is 31.9 Å². The molecular formula is C42H38N4O6S2. The Morgan fingerprint density at radius 3 is 1.13 bits per heavy atom. The average molecular weight is 759 g/mol. The third-order valence-electron chi connectivity index (χ3n) is 8.78. The number of sulfonamides is 2. The van der Waals surface area contributed by atoms with Crippen LogP contribution in [0.15, 0.2) is 143 Å². The molecule has 0 fully saturated rings. The lowest BCUT2D eigenvalue weighted by Crippen LogP contribution is -2.19. The standard InChI is InChI=1S/C42H38N4O6S2/c1-27-13-19-33(20-14-27)53(49,50)45-39-11-7-5-9-35(39)41(47)43-37-23-17-31(25-29(37)3)32-18-24-38(30(4)26-32)44-42(48)36-10-6-8-12-40(36)46-54(51,52)34-21-15-28(2)16-22-34/h5-26,45-46H,1-4H3,(H,43,47)(H,44,48). The van der Waals surface area contributed by atoms with Crippen LogP contribution in [0, 0.1) is 27.7 Å². The smallest absolute Gasteiger partial charge is 0.261 e. The first kappa shape index (κ1) is 37.5. The van der Waals surface area contributed by atoms with Crippen molar-refractivity contribution in [2.45, 2.75) is 37.5 Å². The van der Waals surface area contributed by atoms with E-state index >= 15 is 0 Å². The number of hydrogen-bond acceptors (Lipinski definition) is 6. The van der Waals surface area contributed by atoms with E-state index in [1.807, 2.05) is 52.0 Å². The van der Waals surface area contributed by atoms with Gasteiger partial charge in [0.1, 0.15) is 0 Å². The Bertz CT molecular complexity index is 2420. The van der Waals surface area contributed by atoms with Gasteiger partial charge in [0.2, 0.25) is 0 Å². The summed E-state index contributed by atoms with van der Waals surface area (Å²) in [7, 11) is -7.86. The Hall–Kier alpha value is -6.24. The van der Waals surface area contributed by atoms with E-state index in [1.54, 1.807) is 72.8 Å². The van der Waals surface area contributed by atoms with E-state index in [0.29, 0.717) is 11.4 Å². The molecule has 0 saturated heterocycles. The van der Waals surface area contributed by atoms with Gasteiger partial charge in [0.05, 0.1) is 32.3 Å². The molecule has 54 heavy (non-hydrogen) atoms. The van der Waals surface area contributed by atoms with Crippen molar-refractivity contribution in [1.29, 1.82) is 0 Å². The second kappa shape index (κ2) is 15.4. The molecule has 0 bridgehead atoms. The molecule has 12 heteroatoms. The molecule has 0 aromatic heterocycles. The van der Waals surface area contributed by atoms with Crippen LogP contribution in [0.3, 0.4) is 0 Å². The van der Waals surface area contributed by atoms with Crippen LogP contribution >= 0.6 is 0 Å². The summed E-state index contributed by atoms with van der Waals surface area (Å²) >= 11 is 0. The van der Waals surface area contributed by atoms with Gasteiger partial charge in [-0.2, -0.15) is 0 Å². The van der Waals surface area contributed by atoms with E-state index < -0.39 is 31.9 Å². The molecule has 2 amide bonds. The number of anilines is 4. The molecule has 6 aromatic rings. The van der Waals surface area contributed by atoms with E-state index in [1.165, 1.54) is 36.4 Å². The highest BCUT2D eigenvalue weighted by molar-refractivity contribution is 7.93. The number of rotatable bonds is 11. The van der Waals surface area contributed by atoms with Gasteiger partial charge >= 0.3 is 0 Å². The predicted octanol–water partition coefficient (Wildman–Crippen LogP) is 8.69. The van der Waals surface area contributed by atoms with Crippen molar-refractivity contribution in [3.63, 3.8) is 0 Å². The minimum Gasteiger partial charge on any atom is -0.322 e. The molecular weight excluding hydrogens is 721 g/mol. The Labute approximate surface area is 315 Å². The van der Waals surface area contributed by atoms with Crippen LogP contribution in [-0.4, -0.2) is 28.6 Å². The second-order valence-corrected chi connectivity index (χ2v) is 16.3. The van der Waals surface area contributed by atoms with E-state index in [-0.39, 0.29) is 32.3 Å². The number of benzene rings is 6. The first-order chi connectivity index (χ1) is 25.7. The van der Waals surface area contributed by atoms with Gasteiger partial charge in [-0.25, -0.2) is 16.8 Å². The fourth-order valence-corrected chi connectivity index (χ4v) is 7.89. The quantitative estimate of drug-likeness (QED) is 0.104. The minimum absolute atomic E-state index is 0.0882. The topological polar surface area (TPSA) is 151 Å². The molecule has 0 aliphatic heterocycles. The maximum Gasteiger partial charge on any atom is 0.261 e. The SMILES string of the molecule is Cc1ccc(S(=O)(=O)Nc2ccccc2C(=O)Nc2ccc(-c3ccc(NC(=O)c4ccccc4NS(=O)(=O)c4ccc(C)cc4)c(C)c3)cc2C)cc1. The molecule has 0 aliphatic rings. The van der Waals surface area contributed by atoms with Gasteiger partial charge in [-0.15, -0.1) is 0 Å². The zero-order chi connectivity index (χ0) is 38.6. The number of nitrogens with one attached hydrogen (secondary N) is 4. The summed E-state index contributed by atoms with van der Waals surface area (Å²) in [6.45, 7) is 7.45. The van der Waals surface area contributed by atoms with Crippen LogP contribution in [0.2, 0.25) is 0 Å². The van der Waals surface area contributed by atoms with Crippen molar-refractivity contribution in [2.24, 2.45) is 0 Å². The number of aryl methyl sites for hydroxylation is 4. The lowest BCUT2D eigenvalue weighted by molar-refractivity contribution is 0.101. The first-order valence-corrected chi connectivity index (χ1v) is 19.9. The van der Waals surface area contributed by atoms with Gasteiger partial charge in [-0.1, -0.05) is 71.8 Å². The summed E-state index contributed by atoms with van der Waals surface area (Å²) in [5, 5.41) is 5.80. The third-order valence-corrected chi connectivity index (χ3v) is 11.5. The van der Waals surface area contributed by atoms with E-state index in [9.17, 15) is 26.4 Å². The van der Waals surface area contributed by atoms with Gasteiger partial charge < -0.3 is 10.6 Å². The van der Waals surface area contributed by atoms with Crippen molar-refractivity contribution >= 4 is 54.6 Å². The maximum absolute atomic E-state index is 13.4. The van der Waals surface area contributed by atoms with Crippen LogP contribution in [0.5, 0.6) is 0 Å². The highest BCUT2D eigenvalue weighted by Gasteiger charge is 2.21. The third kappa shape index (κ3) is 8.52. The molecule has 4 N–H and O–H groups in total. The molecule has 6 aromatic carbocycles. The van der Waals surface area contributed by atoms with Gasteiger partial charge in [-0.3, -0.25) is 19.0 Å². The highest BCUT2D eigenvalue weighted by Crippen LogP contribution is 2.30. The molecule has 6 rings (SSSR count). The minimum atomic E-state index is -3.93. The normalized spacial score (nSPS) is 11.4. The van der Waals surface area contributed by atoms with Crippen LogP contribution in [0.25, 0.3) is 11.1 Å². The molecule has 0 atom stereocenters. The molecule has 274 valence electrons. The average Bonchev–Trinajstić information content (AvgIpc) is 3.13. The Morgan fingerprint density at radius 1 is 0.426 bits per heavy atom. The zero-order valence-corrected chi connectivity index (χ0v) is 31.6. The lowest BCUT2D eigenvalue weighted by atomic mass is 9.99. The number of hydrogen-bond donors (Lipinski definition) is 4. The molecule has 0 heterocycles. The molecule has 0 aliphatic carbocycles. The van der Waals surface area contributed by atoms with Crippen LogP contribution in [0.4, 0.5) is 22.7 Å². The number of carbonyl (C=O) groups excluding carboxylic acids is 2. The van der Waals surface area contributed by atoms with Crippen molar-refractivity contribution in [3.8, 4) is 11.1 Å². The van der Waals surface area contributed by atoms with Crippen molar-refractivity contribution in [2.75, 3.05) is 20.1 Å². The predicted molar refractivity (Wildman–Crippen MR) is 214 cm³/mol. The summed E-state index contributed by atoms with van der Waals surface area (Å²) in [5.74, 6) is -0.956. The number of carbonyl (C=O) groups is 2. The maximum atomic E-state index is 13.4. The fourth-order valence-electron chi connectivity index (χ4n) is 5.73. The summed E-state index contributed by atoms with van der Waals surface area (Å²) in [4.78, 5) is 27.0. The monoisotopic (exact) mass is 758 g/mol. The Kier molecular flexibility index (Phi) is 10.7. The van der Waals surface area contributed by atoms with Gasteiger partial charge in [0.15, 0.2) is 0 Å². The molecule has 0 radical (unpaired) electrons. The zero-order valence-electron chi connectivity index (χ0n) is 30.0. The van der Waals surface area contributed by atoms with Crippen LogP contribution in [0.1, 0.15) is 43.0 Å². The fraction of sp³-hybridized carbons (Fsp3) is 0.0952. The molecule has 0 spiro atoms. The molecule has 0 unspecified atom stereocenters. The number of para-hydroxylation sites is 2. The Balaban J connectivity index is 1.15. The number of amides is 2. The first-order valence-electron chi connectivity index (χ1n) is 16.9. The summed E-state index contributed by atoms with van der Waals surface area (Å²) < 4.78 is 57.3. The van der Waals surface area contributed by atoms with Gasteiger partial charge in [0, 0.05) is 11.4 Å². The summed E-state index contributed by atoms with van der Waals surface area (Å²) in [6.07, 6.45) is 0. The lowest BCUT2D eigenvalue weighted by Gasteiger charge is -2.15. The van der Waals surface area contributed by atoms with E-state index in [4.69, 9.17) is 0 Å². The van der Waals surface area contributed by atoms with Gasteiger partial charge in [-0.05, 0) is 123 Å². The highest BCUT2D eigenvalue weighted by atomic mass is 32.2. The van der Waals surface area contributed by atoms with Crippen molar-refractivity contribution in [1.82, 2.24) is 0 Å². The summed E-state index contributed by atoms with van der Waals surface area (Å²) in [5.41, 5.74) is 6.88. The van der Waals surface area contributed by atoms with Crippen LogP contribution in [-0.2, 0) is 20.0 Å². The Morgan fingerprint density at radius 2 is 0.778 bits per heavy atom. The largest absolute Gasteiger partial charge is 0.322 e.